The minimum absolute atomic E-state index is 0.0396. The lowest BCUT2D eigenvalue weighted by molar-refractivity contribution is -0.122. The van der Waals surface area contributed by atoms with E-state index in [-0.39, 0.29) is 22.6 Å². The number of halogens is 2. The van der Waals surface area contributed by atoms with Gasteiger partial charge in [0.2, 0.25) is 11.8 Å². The predicted octanol–water partition coefficient (Wildman–Crippen LogP) is 2.97. The lowest BCUT2D eigenvalue weighted by Gasteiger charge is -2.18. The maximum Gasteiger partial charge on any atom is 0.243 e. The Hall–Kier alpha value is -2.68. The standard InChI is InChI=1S/C16H14F2N4O2S/c1-9(23)22(14-5-4-11(17)6-13(14)18)16-20-12(8-25-16)7-19-21-15(24)10-2-3-10/h4-8,10H,2-3H2,1H3,(H,21,24)/b19-7-. The normalized spacial score (nSPS) is 13.9. The highest BCUT2D eigenvalue weighted by Crippen LogP contribution is 2.31. The van der Waals surface area contributed by atoms with E-state index in [2.05, 4.69) is 15.5 Å². The zero-order valence-electron chi connectivity index (χ0n) is 13.2. The fourth-order valence-electron chi connectivity index (χ4n) is 2.11. The van der Waals surface area contributed by atoms with Crippen LogP contribution in [0.25, 0.3) is 0 Å². The second-order valence-electron chi connectivity index (χ2n) is 5.51. The van der Waals surface area contributed by atoms with Gasteiger partial charge in [-0.2, -0.15) is 5.10 Å². The van der Waals surface area contributed by atoms with Crippen LogP contribution in [-0.2, 0) is 9.59 Å². The Morgan fingerprint density at radius 3 is 2.80 bits per heavy atom. The van der Waals surface area contributed by atoms with E-state index in [1.807, 2.05) is 0 Å². The summed E-state index contributed by atoms with van der Waals surface area (Å²) in [4.78, 5) is 28.6. The van der Waals surface area contributed by atoms with Gasteiger partial charge in [0.1, 0.15) is 11.6 Å². The number of aromatic nitrogens is 1. The number of nitrogens with zero attached hydrogens (tertiary/aromatic N) is 3. The molecule has 0 saturated heterocycles. The first-order valence-electron chi connectivity index (χ1n) is 7.50. The summed E-state index contributed by atoms with van der Waals surface area (Å²) < 4.78 is 27.1. The highest BCUT2D eigenvalue weighted by Gasteiger charge is 2.29. The van der Waals surface area contributed by atoms with Gasteiger partial charge in [-0.15, -0.1) is 11.3 Å². The number of benzene rings is 1. The largest absolute Gasteiger partial charge is 0.274 e. The third-order valence-electron chi connectivity index (χ3n) is 3.49. The van der Waals surface area contributed by atoms with Crippen molar-refractivity contribution in [2.45, 2.75) is 19.8 Å². The van der Waals surface area contributed by atoms with Crippen molar-refractivity contribution in [3.63, 3.8) is 0 Å². The molecule has 0 bridgehead atoms. The van der Waals surface area contributed by atoms with E-state index in [4.69, 9.17) is 0 Å². The molecule has 0 unspecified atom stereocenters. The molecular formula is C16H14F2N4O2S. The van der Waals surface area contributed by atoms with Gasteiger partial charge < -0.3 is 0 Å². The van der Waals surface area contributed by atoms with Gasteiger partial charge in [0.25, 0.3) is 0 Å². The molecule has 1 fully saturated rings. The Kier molecular flexibility index (Phi) is 4.84. The Morgan fingerprint density at radius 2 is 2.16 bits per heavy atom. The highest BCUT2D eigenvalue weighted by molar-refractivity contribution is 7.14. The van der Waals surface area contributed by atoms with Crippen molar-refractivity contribution in [2.75, 3.05) is 4.90 Å². The summed E-state index contributed by atoms with van der Waals surface area (Å²) in [6.07, 6.45) is 3.09. The molecule has 130 valence electrons. The molecule has 1 aliphatic carbocycles. The predicted molar refractivity (Wildman–Crippen MR) is 89.8 cm³/mol. The molecule has 6 nitrogen and oxygen atoms in total. The van der Waals surface area contributed by atoms with E-state index in [9.17, 15) is 18.4 Å². The number of amides is 2. The topological polar surface area (TPSA) is 74.7 Å². The number of hydrogen-bond donors (Lipinski definition) is 1. The Labute approximate surface area is 146 Å². The molecule has 0 aliphatic heterocycles. The lowest BCUT2D eigenvalue weighted by atomic mass is 10.2. The van der Waals surface area contributed by atoms with Crippen LogP contribution in [-0.4, -0.2) is 23.0 Å². The number of hydrazone groups is 1. The zero-order chi connectivity index (χ0) is 18.0. The molecule has 0 atom stereocenters. The number of hydrogen-bond acceptors (Lipinski definition) is 5. The van der Waals surface area contributed by atoms with E-state index in [1.165, 1.54) is 19.2 Å². The Balaban J connectivity index is 1.78. The van der Waals surface area contributed by atoms with Gasteiger partial charge in [0.15, 0.2) is 5.13 Å². The monoisotopic (exact) mass is 364 g/mol. The van der Waals surface area contributed by atoms with Crippen molar-refractivity contribution in [2.24, 2.45) is 11.0 Å². The molecule has 1 saturated carbocycles. The van der Waals surface area contributed by atoms with Gasteiger partial charge in [-0.3, -0.25) is 14.5 Å². The summed E-state index contributed by atoms with van der Waals surface area (Å²) in [5, 5.41) is 5.64. The molecule has 3 rings (SSSR count). The molecule has 1 aromatic carbocycles. The van der Waals surface area contributed by atoms with E-state index in [1.54, 1.807) is 5.38 Å². The van der Waals surface area contributed by atoms with Crippen LogP contribution < -0.4 is 10.3 Å². The van der Waals surface area contributed by atoms with Crippen LogP contribution in [0, 0.1) is 17.6 Å². The van der Waals surface area contributed by atoms with Crippen LogP contribution in [0.1, 0.15) is 25.5 Å². The molecule has 25 heavy (non-hydrogen) atoms. The first-order chi connectivity index (χ1) is 12.0. The van der Waals surface area contributed by atoms with Crippen molar-refractivity contribution < 1.29 is 18.4 Å². The SMILES string of the molecule is CC(=O)N(c1nc(/C=N\NC(=O)C2CC2)cs1)c1ccc(F)cc1F. The van der Waals surface area contributed by atoms with Crippen LogP contribution >= 0.6 is 11.3 Å². The number of rotatable bonds is 5. The summed E-state index contributed by atoms with van der Waals surface area (Å²) in [5.74, 6) is -2.16. The fraction of sp³-hybridized carbons (Fsp3) is 0.250. The first kappa shape index (κ1) is 17.2. The lowest BCUT2D eigenvalue weighted by Crippen LogP contribution is -2.23. The second-order valence-corrected chi connectivity index (χ2v) is 6.35. The third-order valence-corrected chi connectivity index (χ3v) is 4.33. The number of carbonyl (C=O) groups is 2. The quantitative estimate of drug-likeness (QED) is 0.655. The molecule has 1 aromatic heterocycles. The number of thiazole rings is 1. The first-order valence-corrected chi connectivity index (χ1v) is 8.38. The minimum Gasteiger partial charge on any atom is -0.274 e. The van der Waals surface area contributed by atoms with Crippen molar-refractivity contribution in [1.29, 1.82) is 0 Å². The van der Waals surface area contributed by atoms with Crippen molar-refractivity contribution in [3.8, 4) is 0 Å². The minimum atomic E-state index is -0.864. The Morgan fingerprint density at radius 1 is 1.40 bits per heavy atom. The summed E-state index contributed by atoms with van der Waals surface area (Å²) in [6, 6.07) is 2.95. The molecule has 2 amide bonds. The molecule has 9 heteroatoms. The van der Waals surface area contributed by atoms with Crippen LogP contribution in [0.2, 0.25) is 0 Å². The molecule has 2 aromatic rings. The molecular weight excluding hydrogens is 350 g/mol. The van der Waals surface area contributed by atoms with Crippen molar-refractivity contribution in [1.82, 2.24) is 10.4 Å². The third kappa shape index (κ3) is 4.05. The van der Waals surface area contributed by atoms with Crippen LogP contribution in [0.15, 0.2) is 28.7 Å². The summed E-state index contributed by atoms with van der Waals surface area (Å²) in [5.41, 5.74) is 2.73. The van der Waals surface area contributed by atoms with E-state index >= 15 is 0 Å². The van der Waals surface area contributed by atoms with E-state index < -0.39 is 17.5 Å². The summed E-state index contributed by atoms with van der Waals surface area (Å²) in [6.45, 7) is 1.26. The molecule has 0 spiro atoms. The average Bonchev–Trinajstić information content (AvgIpc) is 3.30. The van der Waals surface area contributed by atoms with E-state index in [0.717, 1.165) is 35.1 Å². The molecule has 0 radical (unpaired) electrons. The van der Waals surface area contributed by atoms with Gasteiger partial charge in [-0.1, -0.05) is 0 Å². The molecule has 1 N–H and O–H groups in total. The van der Waals surface area contributed by atoms with Crippen molar-refractivity contribution >= 4 is 40.2 Å². The van der Waals surface area contributed by atoms with Gasteiger partial charge in [-0.25, -0.2) is 19.2 Å². The fourth-order valence-corrected chi connectivity index (χ4v) is 2.94. The zero-order valence-corrected chi connectivity index (χ0v) is 14.0. The van der Waals surface area contributed by atoms with E-state index in [0.29, 0.717) is 11.8 Å². The average molecular weight is 364 g/mol. The van der Waals surface area contributed by atoms with Crippen LogP contribution in [0.5, 0.6) is 0 Å². The number of carbonyl (C=O) groups excluding carboxylic acids is 2. The second kappa shape index (κ2) is 7.06. The summed E-state index contributed by atoms with van der Waals surface area (Å²) >= 11 is 1.10. The van der Waals surface area contributed by atoms with Crippen molar-refractivity contribution in [3.05, 3.63) is 40.9 Å². The van der Waals surface area contributed by atoms with Gasteiger partial charge in [-0.05, 0) is 25.0 Å². The van der Waals surface area contributed by atoms with Gasteiger partial charge in [0, 0.05) is 24.3 Å². The Bertz CT molecular complexity index is 848. The molecule has 1 aliphatic rings. The van der Waals surface area contributed by atoms with Gasteiger partial charge >= 0.3 is 0 Å². The number of anilines is 2. The smallest absolute Gasteiger partial charge is 0.243 e. The number of nitrogens with one attached hydrogen (secondary N) is 1. The van der Waals surface area contributed by atoms with Crippen LogP contribution in [0.3, 0.4) is 0 Å². The highest BCUT2D eigenvalue weighted by atomic mass is 32.1. The maximum atomic E-state index is 14.0. The molecule has 1 heterocycles. The maximum absolute atomic E-state index is 14.0. The van der Waals surface area contributed by atoms with Gasteiger partial charge in [0.05, 0.1) is 17.6 Å². The van der Waals surface area contributed by atoms with Crippen LogP contribution in [0.4, 0.5) is 19.6 Å². The summed E-state index contributed by atoms with van der Waals surface area (Å²) in [7, 11) is 0.